The number of aryl methyl sites for hydroxylation is 1. The zero-order chi connectivity index (χ0) is 19.5. The number of rotatable bonds is 4. The summed E-state index contributed by atoms with van der Waals surface area (Å²) in [5, 5.41) is 3.10. The molecule has 0 unspecified atom stereocenters. The lowest BCUT2D eigenvalue weighted by Gasteiger charge is -2.21. The molecule has 1 N–H and O–H groups in total. The SMILES string of the molecule is Cc1cccc(C(=O)N2CCc3ccc(CNC(=O)C4CCCCC4)cc32)c1. The first kappa shape index (κ1) is 18.7. The van der Waals surface area contributed by atoms with Gasteiger partial charge in [-0.1, -0.05) is 49.1 Å². The fourth-order valence-electron chi connectivity index (χ4n) is 4.38. The lowest BCUT2D eigenvalue weighted by molar-refractivity contribution is -0.126. The maximum absolute atomic E-state index is 13.0. The first-order valence-electron chi connectivity index (χ1n) is 10.4. The van der Waals surface area contributed by atoms with Gasteiger partial charge in [-0.2, -0.15) is 0 Å². The van der Waals surface area contributed by atoms with Crippen molar-refractivity contribution < 1.29 is 9.59 Å². The molecule has 0 saturated heterocycles. The van der Waals surface area contributed by atoms with Crippen molar-refractivity contribution in [3.8, 4) is 0 Å². The summed E-state index contributed by atoms with van der Waals surface area (Å²) in [6.45, 7) is 3.23. The number of amides is 2. The Hall–Kier alpha value is -2.62. The maximum atomic E-state index is 13.0. The van der Waals surface area contributed by atoms with Crippen molar-refractivity contribution in [3.05, 3.63) is 64.7 Å². The van der Waals surface area contributed by atoms with Crippen LogP contribution in [0, 0.1) is 12.8 Å². The van der Waals surface area contributed by atoms with Crippen molar-refractivity contribution in [2.24, 2.45) is 5.92 Å². The summed E-state index contributed by atoms with van der Waals surface area (Å²) in [6.07, 6.45) is 6.46. The third-order valence-electron chi connectivity index (χ3n) is 6.00. The summed E-state index contributed by atoms with van der Waals surface area (Å²) >= 11 is 0. The van der Waals surface area contributed by atoms with E-state index in [4.69, 9.17) is 0 Å². The number of carbonyl (C=O) groups excluding carboxylic acids is 2. The minimum absolute atomic E-state index is 0.0471. The number of benzene rings is 2. The van der Waals surface area contributed by atoms with Crippen LogP contribution >= 0.6 is 0 Å². The molecule has 4 rings (SSSR count). The van der Waals surface area contributed by atoms with E-state index in [0.717, 1.165) is 54.5 Å². The first-order valence-corrected chi connectivity index (χ1v) is 10.4. The molecule has 1 fully saturated rings. The number of carbonyl (C=O) groups is 2. The average Bonchev–Trinajstić information content (AvgIpc) is 3.15. The van der Waals surface area contributed by atoms with Crippen LogP contribution < -0.4 is 10.2 Å². The van der Waals surface area contributed by atoms with Crippen LogP contribution in [0.2, 0.25) is 0 Å². The summed E-state index contributed by atoms with van der Waals surface area (Å²) in [7, 11) is 0. The molecule has 1 saturated carbocycles. The highest BCUT2D eigenvalue weighted by atomic mass is 16.2. The van der Waals surface area contributed by atoms with Crippen molar-refractivity contribution in [2.75, 3.05) is 11.4 Å². The quantitative estimate of drug-likeness (QED) is 0.860. The molecule has 2 aromatic carbocycles. The number of fused-ring (bicyclic) bond motifs is 1. The highest BCUT2D eigenvalue weighted by Crippen LogP contribution is 2.31. The number of nitrogens with one attached hydrogen (secondary N) is 1. The summed E-state index contributed by atoms with van der Waals surface area (Å²) in [4.78, 5) is 27.3. The topological polar surface area (TPSA) is 49.4 Å². The van der Waals surface area contributed by atoms with Gasteiger partial charge < -0.3 is 10.2 Å². The van der Waals surface area contributed by atoms with Crippen LogP contribution in [0.4, 0.5) is 5.69 Å². The van der Waals surface area contributed by atoms with Crippen molar-refractivity contribution in [2.45, 2.75) is 52.0 Å². The van der Waals surface area contributed by atoms with Crippen LogP contribution in [0.1, 0.15) is 59.2 Å². The number of hydrogen-bond acceptors (Lipinski definition) is 2. The Kier molecular flexibility index (Phi) is 5.47. The van der Waals surface area contributed by atoms with E-state index in [1.54, 1.807) is 0 Å². The van der Waals surface area contributed by atoms with E-state index in [1.807, 2.05) is 36.1 Å². The lowest BCUT2D eigenvalue weighted by Crippen LogP contribution is -2.31. The van der Waals surface area contributed by atoms with E-state index in [2.05, 4.69) is 23.5 Å². The minimum atomic E-state index is 0.0471. The molecule has 0 atom stereocenters. The fraction of sp³-hybridized carbons (Fsp3) is 0.417. The Morgan fingerprint density at radius 1 is 1.07 bits per heavy atom. The van der Waals surface area contributed by atoms with Crippen LogP contribution in [-0.4, -0.2) is 18.4 Å². The Morgan fingerprint density at radius 3 is 2.68 bits per heavy atom. The van der Waals surface area contributed by atoms with Crippen LogP contribution in [0.25, 0.3) is 0 Å². The second kappa shape index (κ2) is 8.17. The summed E-state index contributed by atoms with van der Waals surface area (Å²) < 4.78 is 0. The highest BCUT2D eigenvalue weighted by molar-refractivity contribution is 6.07. The van der Waals surface area contributed by atoms with Gasteiger partial charge in [0.05, 0.1) is 0 Å². The zero-order valence-electron chi connectivity index (χ0n) is 16.5. The number of nitrogens with zero attached hydrogens (tertiary/aromatic N) is 1. The van der Waals surface area contributed by atoms with Crippen LogP contribution in [0.15, 0.2) is 42.5 Å². The molecule has 2 aromatic rings. The van der Waals surface area contributed by atoms with Gasteiger partial charge in [0.2, 0.25) is 5.91 Å². The van der Waals surface area contributed by atoms with Crippen LogP contribution in [0.3, 0.4) is 0 Å². The highest BCUT2D eigenvalue weighted by Gasteiger charge is 2.26. The first-order chi connectivity index (χ1) is 13.6. The minimum Gasteiger partial charge on any atom is -0.352 e. The standard InChI is InChI=1S/C24H28N2O2/c1-17-6-5-9-21(14-17)24(28)26-13-12-19-11-10-18(15-22(19)26)16-25-23(27)20-7-3-2-4-8-20/h5-6,9-11,14-15,20H,2-4,7-8,12-13,16H2,1H3,(H,25,27). The largest absolute Gasteiger partial charge is 0.352 e. The van der Waals surface area contributed by atoms with Gasteiger partial charge in [-0.25, -0.2) is 0 Å². The average molecular weight is 377 g/mol. The molecule has 0 bridgehead atoms. The van der Waals surface area contributed by atoms with Crippen molar-refractivity contribution in [3.63, 3.8) is 0 Å². The predicted octanol–water partition coefficient (Wildman–Crippen LogP) is 4.39. The maximum Gasteiger partial charge on any atom is 0.258 e. The molecular formula is C24H28N2O2. The van der Waals surface area contributed by atoms with Gasteiger partial charge in [-0.05, 0) is 55.5 Å². The van der Waals surface area contributed by atoms with E-state index in [9.17, 15) is 9.59 Å². The van der Waals surface area contributed by atoms with Gasteiger partial charge in [0.1, 0.15) is 0 Å². The molecule has 2 aliphatic rings. The molecule has 0 radical (unpaired) electrons. The van der Waals surface area contributed by atoms with E-state index in [-0.39, 0.29) is 17.7 Å². The molecule has 0 spiro atoms. The van der Waals surface area contributed by atoms with Crippen molar-refractivity contribution in [1.82, 2.24) is 5.32 Å². The summed E-state index contributed by atoms with van der Waals surface area (Å²) in [5.74, 6) is 0.390. The number of anilines is 1. The van der Waals surface area contributed by atoms with Crippen LogP contribution in [0.5, 0.6) is 0 Å². The molecule has 1 heterocycles. The number of hydrogen-bond donors (Lipinski definition) is 1. The zero-order valence-corrected chi connectivity index (χ0v) is 16.5. The van der Waals surface area contributed by atoms with Gasteiger partial charge in [0.25, 0.3) is 5.91 Å². The predicted molar refractivity (Wildman–Crippen MR) is 111 cm³/mol. The lowest BCUT2D eigenvalue weighted by atomic mass is 9.88. The summed E-state index contributed by atoms with van der Waals surface area (Å²) in [5.41, 5.74) is 5.04. The fourth-order valence-corrected chi connectivity index (χ4v) is 4.38. The molecule has 4 heteroatoms. The van der Waals surface area contributed by atoms with Crippen LogP contribution in [-0.2, 0) is 17.8 Å². The molecule has 28 heavy (non-hydrogen) atoms. The van der Waals surface area contributed by atoms with E-state index < -0.39 is 0 Å². The molecule has 0 aromatic heterocycles. The Morgan fingerprint density at radius 2 is 1.89 bits per heavy atom. The molecule has 146 valence electrons. The molecule has 1 aliphatic heterocycles. The summed E-state index contributed by atoms with van der Waals surface area (Å²) in [6, 6.07) is 14.0. The third kappa shape index (κ3) is 3.96. The van der Waals surface area contributed by atoms with E-state index in [0.29, 0.717) is 13.1 Å². The Balaban J connectivity index is 1.46. The van der Waals surface area contributed by atoms with Gasteiger partial charge in [0.15, 0.2) is 0 Å². The van der Waals surface area contributed by atoms with Crippen molar-refractivity contribution >= 4 is 17.5 Å². The second-order valence-electron chi connectivity index (χ2n) is 8.09. The van der Waals surface area contributed by atoms with Gasteiger partial charge in [-0.3, -0.25) is 9.59 Å². The van der Waals surface area contributed by atoms with Gasteiger partial charge in [0, 0.05) is 30.3 Å². The van der Waals surface area contributed by atoms with Gasteiger partial charge >= 0.3 is 0 Å². The molecule has 1 aliphatic carbocycles. The Bertz CT molecular complexity index is 884. The van der Waals surface area contributed by atoms with E-state index >= 15 is 0 Å². The third-order valence-corrected chi connectivity index (χ3v) is 6.00. The normalized spacial score (nSPS) is 16.7. The second-order valence-corrected chi connectivity index (χ2v) is 8.09. The molecule has 4 nitrogen and oxygen atoms in total. The monoisotopic (exact) mass is 376 g/mol. The van der Waals surface area contributed by atoms with Crippen molar-refractivity contribution in [1.29, 1.82) is 0 Å². The van der Waals surface area contributed by atoms with Gasteiger partial charge in [-0.15, -0.1) is 0 Å². The van der Waals surface area contributed by atoms with E-state index in [1.165, 1.54) is 12.0 Å². The molecule has 2 amide bonds. The Labute approximate surface area is 166 Å². The smallest absolute Gasteiger partial charge is 0.258 e. The molecular weight excluding hydrogens is 348 g/mol.